The first-order valence-corrected chi connectivity index (χ1v) is 10.9. The second-order valence-electron chi connectivity index (χ2n) is 8.60. The number of methoxy groups -OCH3 is 1. The molecule has 2 aromatic carbocycles. The number of fused-ring (bicyclic) bond motifs is 4. The van der Waals surface area contributed by atoms with Crippen molar-refractivity contribution in [1.82, 2.24) is 9.47 Å². The SMILES string of the molecule is COc1cccc(C23CCN(C)CC2Cc2c(n(C)c4c(Br)cccc24)C3)c1. The van der Waals surface area contributed by atoms with Crippen molar-refractivity contribution >= 4 is 26.8 Å². The van der Waals surface area contributed by atoms with E-state index in [-0.39, 0.29) is 5.41 Å². The van der Waals surface area contributed by atoms with Gasteiger partial charge in [0.1, 0.15) is 5.75 Å². The highest BCUT2D eigenvalue weighted by Gasteiger charge is 2.48. The van der Waals surface area contributed by atoms with Crippen molar-refractivity contribution in [3.63, 3.8) is 0 Å². The van der Waals surface area contributed by atoms with Gasteiger partial charge in [0, 0.05) is 34.6 Å². The molecule has 5 rings (SSSR count). The fourth-order valence-corrected chi connectivity index (χ4v) is 6.37. The monoisotopic (exact) mass is 438 g/mol. The molecule has 0 N–H and O–H groups in total. The first-order chi connectivity index (χ1) is 13.5. The lowest BCUT2D eigenvalue weighted by atomic mass is 9.59. The van der Waals surface area contributed by atoms with E-state index in [9.17, 15) is 0 Å². The zero-order valence-electron chi connectivity index (χ0n) is 16.8. The van der Waals surface area contributed by atoms with Crippen LogP contribution in [0.3, 0.4) is 0 Å². The minimum atomic E-state index is 0.183. The van der Waals surface area contributed by atoms with Crippen LogP contribution in [0.4, 0.5) is 0 Å². The number of likely N-dealkylation sites (tertiary alicyclic amines) is 1. The summed E-state index contributed by atoms with van der Waals surface area (Å²) in [4.78, 5) is 2.51. The summed E-state index contributed by atoms with van der Waals surface area (Å²) in [5, 5.41) is 1.42. The van der Waals surface area contributed by atoms with Crippen LogP contribution >= 0.6 is 15.9 Å². The van der Waals surface area contributed by atoms with Crippen molar-refractivity contribution in [1.29, 1.82) is 0 Å². The first kappa shape index (κ1) is 18.3. The summed E-state index contributed by atoms with van der Waals surface area (Å²) in [5.74, 6) is 1.59. The van der Waals surface area contributed by atoms with Crippen LogP contribution in [-0.2, 0) is 25.3 Å². The average molecular weight is 439 g/mol. The molecule has 3 nitrogen and oxygen atoms in total. The predicted molar refractivity (Wildman–Crippen MR) is 118 cm³/mol. The van der Waals surface area contributed by atoms with E-state index < -0.39 is 0 Å². The molecule has 2 atom stereocenters. The van der Waals surface area contributed by atoms with E-state index in [0.29, 0.717) is 5.92 Å². The lowest BCUT2D eigenvalue weighted by Gasteiger charge is -2.50. The third-order valence-electron chi connectivity index (χ3n) is 7.23. The molecule has 146 valence electrons. The quantitative estimate of drug-likeness (QED) is 0.563. The van der Waals surface area contributed by atoms with Crippen LogP contribution in [0, 0.1) is 5.92 Å². The molecule has 0 radical (unpaired) electrons. The van der Waals surface area contributed by atoms with E-state index in [1.165, 1.54) is 33.1 Å². The summed E-state index contributed by atoms with van der Waals surface area (Å²) in [6, 6.07) is 15.4. The maximum atomic E-state index is 5.58. The van der Waals surface area contributed by atoms with Gasteiger partial charge in [0.2, 0.25) is 0 Å². The number of hydrogen-bond acceptors (Lipinski definition) is 2. The van der Waals surface area contributed by atoms with Gasteiger partial charge in [-0.1, -0.05) is 24.3 Å². The number of hydrogen-bond donors (Lipinski definition) is 0. The van der Waals surface area contributed by atoms with E-state index in [1.54, 1.807) is 12.7 Å². The third kappa shape index (κ3) is 2.57. The summed E-state index contributed by atoms with van der Waals surface area (Å²) in [7, 11) is 6.27. The normalized spacial score (nSPS) is 24.8. The Hall–Kier alpha value is -1.78. The van der Waals surface area contributed by atoms with Gasteiger partial charge >= 0.3 is 0 Å². The highest BCUT2D eigenvalue weighted by molar-refractivity contribution is 9.10. The highest BCUT2D eigenvalue weighted by Crippen LogP contribution is 2.50. The largest absolute Gasteiger partial charge is 0.497 e. The molecule has 1 fully saturated rings. The number of nitrogens with zero attached hydrogens (tertiary/aromatic N) is 2. The molecule has 0 spiro atoms. The Morgan fingerprint density at radius 3 is 2.79 bits per heavy atom. The van der Waals surface area contributed by atoms with Crippen LogP contribution in [0.15, 0.2) is 46.9 Å². The lowest BCUT2D eigenvalue weighted by Crippen LogP contribution is -2.53. The number of halogens is 1. The topological polar surface area (TPSA) is 17.4 Å². The first-order valence-electron chi connectivity index (χ1n) is 10.1. The molecule has 28 heavy (non-hydrogen) atoms. The van der Waals surface area contributed by atoms with Gasteiger partial charge in [0.25, 0.3) is 0 Å². The van der Waals surface area contributed by atoms with Crippen LogP contribution < -0.4 is 4.74 Å². The number of rotatable bonds is 2. The van der Waals surface area contributed by atoms with Crippen molar-refractivity contribution in [2.75, 3.05) is 27.2 Å². The highest BCUT2D eigenvalue weighted by atomic mass is 79.9. The smallest absolute Gasteiger partial charge is 0.119 e. The Kier molecular flexibility index (Phi) is 4.33. The molecule has 3 aromatic rings. The molecule has 1 aromatic heterocycles. The fraction of sp³-hybridized carbons (Fsp3) is 0.417. The lowest BCUT2D eigenvalue weighted by molar-refractivity contribution is 0.0985. The summed E-state index contributed by atoms with van der Waals surface area (Å²) < 4.78 is 9.21. The maximum absolute atomic E-state index is 5.58. The van der Waals surface area contributed by atoms with Gasteiger partial charge in [0.05, 0.1) is 12.6 Å². The zero-order chi connectivity index (χ0) is 19.5. The van der Waals surface area contributed by atoms with E-state index in [2.05, 4.69) is 82.0 Å². The van der Waals surface area contributed by atoms with E-state index in [1.807, 2.05) is 0 Å². The Morgan fingerprint density at radius 2 is 1.96 bits per heavy atom. The summed E-state index contributed by atoms with van der Waals surface area (Å²) >= 11 is 3.79. The molecule has 2 unspecified atom stereocenters. The second kappa shape index (κ2) is 6.64. The van der Waals surface area contributed by atoms with Crippen molar-refractivity contribution in [3.05, 3.63) is 63.8 Å². The van der Waals surface area contributed by atoms with Crippen molar-refractivity contribution in [2.24, 2.45) is 13.0 Å². The van der Waals surface area contributed by atoms with Crippen molar-refractivity contribution in [3.8, 4) is 5.75 Å². The second-order valence-corrected chi connectivity index (χ2v) is 9.45. The van der Waals surface area contributed by atoms with E-state index >= 15 is 0 Å². The molecule has 4 heteroatoms. The van der Waals surface area contributed by atoms with Gasteiger partial charge in [0.15, 0.2) is 0 Å². The number of aryl methyl sites for hydroxylation is 1. The molecule has 2 heterocycles. The van der Waals surface area contributed by atoms with Crippen molar-refractivity contribution in [2.45, 2.75) is 24.7 Å². The van der Waals surface area contributed by atoms with Gasteiger partial charge in [-0.3, -0.25) is 0 Å². The van der Waals surface area contributed by atoms with Crippen LogP contribution in [0.25, 0.3) is 10.9 Å². The maximum Gasteiger partial charge on any atom is 0.119 e. The molecule has 0 saturated carbocycles. The summed E-state index contributed by atoms with van der Waals surface area (Å²) in [5.41, 5.74) is 6.02. The number of benzene rings is 2. The molecule has 1 aliphatic carbocycles. The van der Waals surface area contributed by atoms with Gasteiger partial charge < -0.3 is 14.2 Å². The van der Waals surface area contributed by atoms with Crippen LogP contribution in [-0.4, -0.2) is 36.7 Å². The molecular formula is C24H27BrN2O. The minimum Gasteiger partial charge on any atom is -0.497 e. The molecule has 2 aliphatic rings. The Bertz CT molecular complexity index is 1060. The number of para-hydroxylation sites is 1. The Morgan fingerprint density at radius 1 is 1.14 bits per heavy atom. The Labute approximate surface area is 175 Å². The fourth-order valence-electron chi connectivity index (χ4n) is 5.74. The van der Waals surface area contributed by atoms with E-state index in [0.717, 1.165) is 31.7 Å². The summed E-state index contributed by atoms with van der Waals surface area (Å²) in [6.45, 7) is 2.30. The molecule has 0 bridgehead atoms. The average Bonchev–Trinajstić information content (AvgIpc) is 2.99. The minimum absolute atomic E-state index is 0.183. The number of ether oxygens (including phenoxy) is 1. The van der Waals surface area contributed by atoms with Crippen LogP contribution in [0.2, 0.25) is 0 Å². The molecule has 1 aliphatic heterocycles. The van der Waals surface area contributed by atoms with Gasteiger partial charge in [-0.25, -0.2) is 0 Å². The predicted octanol–water partition coefficient (Wildman–Crippen LogP) is 4.94. The van der Waals surface area contributed by atoms with E-state index in [4.69, 9.17) is 4.74 Å². The molecular weight excluding hydrogens is 412 g/mol. The standard InChI is InChI=1S/C24H27BrN2O/c1-26-11-10-24(16-6-4-7-18(12-16)28-3)14-22-20(13-17(24)15-26)19-8-5-9-21(25)23(19)27(22)2/h4-9,12,17H,10-11,13-15H2,1-3H3. The molecule has 0 amide bonds. The van der Waals surface area contributed by atoms with Gasteiger partial charge in [-0.05, 0) is 84.0 Å². The van der Waals surface area contributed by atoms with Crippen LogP contribution in [0.5, 0.6) is 5.75 Å². The van der Waals surface area contributed by atoms with Crippen LogP contribution in [0.1, 0.15) is 23.2 Å². The van der Waals surface area contributed by atoms with Crippen molar-refractivity contribution < 1.29 is 4.74 Å². The molecule has 1 saturated heterocycles. The Balaban J connectivity index is 1.71. The van der Waals surface area contributed by atoms with Gasteiger partial charge in [-0.2, -0.15) is 0 Å². The number of piperidine rings is 1. The zero-order valence-corrected chi connectivity index (χ0v) is 18.4. The number of aromatic nitrogens is 1. The summed E-state index contributed by atoms with van der Waals surface area (Å²) in [6.07, 6.45) is 3.44. The third-order valence-corrected chi connectivity index (χ3v) is 7.87. The van der Waals surface area contributed by atoms with Gasteiger partial charge in [-0.15, -0.1) is 0 Å².